The van der Waals surface area contributed by atoms with Crippen LogP contribution in [0.15, 0.2) is 42.7 Å². The van der Waals surface area contributed by atoms with Crippen LogP contribution in [0.25, 0.3) is 0 Å². The first-order chi connectivity index (χ1) is 11.0. The largest absolute Gasteiger partial charge is 0.468 e. The zero-order chi connectivity index (χ0) is 16.8. The van der Waals surface area contributed by atoms with Crippen molar-refractivity contribution in [2.24, 2.45) is 0 Å². The van der Waals surface area contributed by atoms with Crippen molar-refractivity contribution in [1.29, 1.82) is 0 Å². The number of ether oxygens (including phenoxy) is 1. The molecule has 0 aliphatic carbocycles. The van der Waals surface area contributed by atoms with Crippen LogP contribution < -0.4 is 0 Å². The van der Waals surface area contributed by atoms with E-state index in [1.165, 1.54) is 12.0 Å². The van der Waals surface area contributed by atoms with E-state index in [1.54, 1.807) is 30.1 Å². The number of hydrogen-bond acceptors (Lipinski definition) is 4. The molecule has 0 radical (unpaired) electrons. The number of methoxy groups -OCH3 is 1. The maximum atomic E-state index is 12.8. The molecular formula is C17H21N3O3. The topological polar surface area (TPSA) is 64.4 Å². The number of nitrogens with zero attached hydrogens (tertiary/aromatic N) is 3. The van der Waals surface area contributed by atoms with Gasteiger partial charge in [-0.1, -0.05) is 24.3 Å². The van der Waals surface area contributed by atoms with Gasteiger partial charge in [-0.2, -0.15) is 5.10 Å². The standard InChI is InChI=1S/C17H21N3O3/c1-13-7-4-5-8-15(13)11-19(12-16(21)23-3)17(22)14(2)20-10-6-9-18-20/h4-10,14H,11-12H2,1-3H3. The van der Waals surface area contributed by atoms with Gasteiger partial charge in [0.2, 0.25) is 5.91 Å². The molecule has 1 aromatic heterocycles. The highest BCUT2D eigenvalue weighted by Gasteiger charge is 2.25. The van der Waals surface area contributed by atoms with E-state index in [1.807, 2.05) is 31.2 Å². The summed E-state index contributed by atoms with van der Waals surface area (Å²) >= 11 is 0. The first-order valence-corrected chi connectivity index (χ1v) is 7.42. The van der Waals surface area contributed by atoms with Crippen molar-refractivity contribution in [3.05, 3.63) is 53.9 Å². The first kappa shape index (κ1) is 16.7. The lowest BCUT2D eigenvalue weighted by atomic mass is 10.1. The highest BCUT2D eigenvalue weighted by molar-refractivity contribution is 5.84. The summed E-state index contributed by atoms with van der Waals surface area (Å²) in [6.45, 7) is 4.01. The fraction of sp³-hybridized carbons (Fsp3) is 0.353. The highest BCUT2D eigenvalue weighted by Crippen LogP contribution is 2.15. The molecule has 1 atom stereocenters. The first-order valence-electron chi connectivity index (χ1n) is 7.42. The number of amides is 1. The molecule has 0 fully saturated rings. The van der Waals surface area contributed by atoms with Crippen LogP contribution in [-0.2, 0) is 20.9 Å². The van der Waals surface area contributed by atoms with Gasteiger partial charge in [-0.25, -0.2) is 0 Å². The predicted molar refractivity (Wildman–Crippen MR) is 85.6 cm³/mol. The summed E-state index contributed by atoms with van der Waals surface area (Å²) in [4.78, 5) is 25.9. The van der Waals surface area contributed by atoms with E-state index in [0.717, 1.165) is 11.1 Å². The van der Waals surface area contributed by atoms with E-state index in [0.29, 0.717) is 6.54 Å². The Bertz CT molecular complexity index is 667. The normalized spacial score (nSPS) is 11.8. The second-order valence-electron chi connectivity index (χ2n) is 5.36. The van der Waals surface area contributed by atoms with Gasteiger partial charge in [-0.3, -0.25) is 14.3 Å². The lowest BCUT2D eigenvalue weighted by molar-refractivity contribution is -0.148. The van der Waals surface area contributed by atoms with Gasteiger partial charge in [-0.15, -0.1) is 0 Å². The number of esters is 1. The number of carbonyl (C=O) groups excluding carboxylic acids is 2. The Kier molecular flexibility index (Phi) is 5.51. The molecule has 122 valence electrons. The number of carbonyl (C=O) groups is 2. The third-order valence-electron chi connectivity index (χ3n) is 3.76. The van der Waals surface area contributed by atoms with Gasteiger partial charge < -0.3 is 9.64 Å². The summed E-state index contributed by atoms with van der Waals surface area (Å²) in [7, 11) is 1.32. The van der Waals surface area contributed by atoms with Crippen LogP contribution in [-0.4, -0.2) is 40.2 Å². The average molecular weight is 315 g/mol. The SMILES string of the molecule is COC(=O)CN(Cc1ccccc1C)C(=O)C(C)n1cccn1. The van der Waals surface area contributed by atoms with Crippen molar-refractivity contribution >= 4 is 11.9 Å². The molecule has 23 heavy (non-hydrogen) atoms. The minimum absolute atomic E-state index is 0.0880. The fourth-order valence-corrected chi connectivity index (χ4v) is 2.31. The molecule has 6 heteroatoms. The number of benzene rings is 1. The molecule has 6 nitrogen and oxygen atoms in total. The van der Waals surface area contributed by atoms with Gasteiger partial charge in [0.15, 0.2) is 0 Å². The van der Waals surface area contributed by atoms with Gasteiger partial charge in [0.25, 0.3) is 0 Å². The van der Waals surface area contributed by atoms with E-state index in [2.05, 4.69) is 5.10 Å². The molecule has 1 aromatic carbocycles. The Labute approximate surface area is 135 Å². The van der Waals surface area contributed by atoms with Gasteiger partial charge >= 0.3 is 5.97 Å². The summed E-state index contributed by atoms with van der Waals surface area (Å²) in [5, 5.41) is 4.10. The van der Waals surface area contributed by atoms with E-state index < -0.39 is 12.0 Å². The molecule has 0 aliphatic rings. The monoisotopic (exact) mass is 315 g/mol. The van der Waals surface area contributed by atoms with Crippen molar-refractivity contribution in [3.8, 4) is 0 Å². The number of rotatable bonds is 6. The van der Waals surface area contributed by atoms with E-state index in [4.69, 9.17) is 4.74 Å². The molecule has 0 saturated carbocycles. The fourth-order valence-electron chi connectivity index (χ4n) is 2.31. The maximum absolute atomic E-state index is 12.8. The summed E-state index contributed by atoms with van der Waals surface area (Å²) in [5.41, 5.74) is 2.07. The molecule has 0 aliphatic heterocycles. The van der Waals surface area contributed by atoms with Gasteiger partial charge in [-0.05, 0) is 31.0 Å². The lowest BCUT2D eigenvalue weighted by Gasteiger charge is -2.25. The molecule has 0 N–H and O–H groups in total. The van der Waals surface area contributed by atoms with Crippen LogP contribution in [0.2, 0.25) is 0 Å². The second kappa shape index (κ2) is 7.58. The Morgan fingerprint density at radius 3 is 2.65 bits per heavy atom. The van der Waals surface area contributed by atoms with Gasteiger partial charge in [0.05, 0.1) is 7.11 Å². The van der Waals surface area contributed by atoms with Crippen LogP contribution in [0, 0.1) is 6.92 Å². The second-order valence-corrected chi connectivity index (χ2v) is 5.36. The van der Waals surface area contributed by atoms with E-state index in [-0.39, 0.29) is 12.5 Å². The number of hydrogen-bond donors (Lipinski definition) is 0. The molecule has 0 saturated heterocycles. The van der Waals surface area contributed by atoms with E-state index >= 15 is 0 Å². The zero-order valence-electron chi connectivity index (χ0n) is 13.6. The Morgan fingerprint density at radius 2 is 2.04 bits per heavy atom. The molecule has 1 amide bonds. The predicted octanol–water partition coefficient (Wildman–Crippen LogP) is 1.95. The molecular weight excluding hydrogens is 294 g/mol. The summed E-state index contributed by atoms with van der Waals surface area (Å²) in [6, 6.07) is 9.06. The smallest absolute Gasteiger partial charge is 0.325 e. The number of aromatic nitrogens is 2. The average Bonchev–Trinajstić information content (AvgIpc) is 3.09. The quantitative estimate of drug-likeness (QED) is 0.764. The third-order valence-corrected chi connectivity index (χ3v) is 3.76. The zero-order valence-corrected chi connectivity index (χ0v) is 13.6. The Hall–Kier alpha value is -2.63. The van der Waals surface area contributed by atoms with Crippen LogP contribution in [0.5, 0.6) is 0 Å². The van der Waals surface area contributed by atoms with E-state index in [9.17, 15) is 9.59 Å². The minimum Gasteiger partial charge on any atom is -0.468 e. The summed E-state index contributed by atoms with van der Waals surface area (Å²) in [6.07, 6.45) is 3.35. The van der Waals surface area contributed by atoms with Crippen molar-refractivity contribution in [1.82, 2.24) is 14.7 Å². The van der Waals surface area contributed by atoms with Crippen LogP contribution in [0.1, 0.15) is 24.1 Å². The van der Waals surface area contributed by atoms with Crippen molar-refractivity contribution < 1.29 is 14.3 Å². The van der Waals surface area contributed by atoms with Gasteiger partial charge in [0, 0.05) is 18.9 Å². The summed E-state index contributed by atoms with van der Waals surface area (Å²) in [5.74, 6) is -0.623. The molecule has 1 heterocycles. The molecule has 0 bridgehead atoms. The molecule has 2 aromatic rings. The maximum Gasteiger partial charge on any atom is 0.325 e. The molecule has 0 spiro atoms. The molecule has 2 rings (SSSR count). The third kappa shape index (κ3) is 4.18. The summed E-state index contributed by atoms with van der Waals surface area (Å²) < 4.78 is 6.29. The molecule has 1 unspecified atom stereocenters. The minimum atomic E-state index is -0.487. The van der Waals surface area contributed by atoms with Crippen LogP contribution in [0.4, 0.5) is 0 Å². The van der Waals surface area contributed by atoms with Crippen molar-refractivity contribution in [2.45, 2.75) is 26.4 Å². The van der Waals surface area contributed by atoms with Crippen molar-refractivity contribution in [2.75, 3.05) is 13.7 Å². The lowest BCUT2D eigenvalue weighted by Crippen LogP contribution is -2.39. The van der Waals surface area contributed by atoms with Crippen LogP contribution >= 0.6 is 0 Å². The Morgan fingerprint density at radius 1 is 1.30 bits per heavy atom. The number of aryl methyl sites for hydroxylation is 1. The Balaban J connectivity index is 2.21. The van der Waals surface area contributed by atoms with Gasteiger partial charge in [0.1, 0.15) is 12.6 Å². The van der Waals surface area contributed by atoms with Crippen LogP contribution in [0.3, 0.4) is 0 Å². The van der Waals surface area contributed by atoms with Crippen molar-refractivity contribution in [3.63, 3.8) is 0 Å². The highest BCUT2D eigenvalue weighted by atomic mass is 16.5.